The van der Waals surface area contributed by atoms with E-state index in [0.717, 1.165) is 16.4 Å². The van der Waals surface area contributed by atoms with E-state index >= 15 is 0 Å². The highest BCUT2D eigenvalue weighted by molar-refractivity contribution is 7.92. The van der Waals surface area contributed by atoms with E-state index in [-0.39, 0.29) is 22.8 Å². The van der Waals surface area contributed by atoms with Gasteiger partial charge in [0.25, 0.3) is 10.0 Å². The Morgan fingerprint density at radius 2 is 1.70 bits per heavy atom. The third kappa shape index (κ3) is 5.65. The Labute approximate surface area is 214 Å². The predicted molar refractivity (Wildman–Crippen MR) is 129 cm³/mol. The van der Waals surface area contributed by atoms with Crippen LogP contribution in [-0.2, 0) is 21.3 Å². The molecule has 0 unspecified atom stereocenters. The number of methoxy groups -OCH3 is 1. The number of carbonyl (C=O) groups is 1. The number of benzene rings is 2. The largest absolute Gasteiger partial charge is 0.573 e. The van der Waals surface area contributed by atoms with Crippen molar-refractivity contribution in [1.82, 2.24) is 9.38 Å². The van der Waals surface area contributed by atoms with Gasteiger partial charge in [0, 0.05) is 6.20 Å². The van der Waals surface area contributed by atoms with Crippen molar-refractivity contribution in [2.75, 3.05) is 11.4 Å². The number of fused-ring (bicyclic) bond motifs is 1. The SMILES string of the molecule is COC(=O)c1ccc(S(=O)(=O)N(Cc2ccc(OC(F)(F)F)cc2)c2nc3ccc(Cl)cn3c2C)cc1. The summed E-state index contributed by atoms with van der Waals surface area (Å²) in [5.74, 6) is -0.979. The zero-order valence-corrected chi connectivity index (χ0v) is 20.9. The van der Waals surface area contributed by atoms with Gasteiger partial charge in [-0.15, -0.1) is 13.2 Å². The molecule has 0 bridgehead atoms. The van der Waals surface area contributed by atoms with Crippen LogP contribution in [0.15, 0.2) is 71.8 Å². The average molecular weight is 554 g/mol. The number of carbonyl (C=O) groups excluding carboxylic acids is 1. The van der Waals surface area contributed by atoms with Gasteiger partial charge in [0.1, 0.15) is 11.4 Å². The van der Waals surface area contributed by atoms with Gasteiger partial charge in [-0.1, -0.05) is 23.7 Å². The van der Waals surface area contributed by atoms with Gasteiger partial charge in [0.2, 0.25) is 0 Å². The molecule has 0 spiro atoms. The lowest BCUT2D eigenvalue weighted by Gasteiger charge is -2.23. The number of hydrogen-bond donors (Lipinski definition) is 0. The maximum atomic E-state index is 13.8. The van der Waals surface area contributed by atoms with E-state index in [2.05, 4.69) is 14.5 Å². The summed E-state index contributed by atoms with van der Waals surface area (Å²) in [6.07, 6.45) is -3.27. The van der Waals surface area contributed by atoms with Gasteiger partial charge in [0.05, 0.1) is 34.8 Å². The Balaban J connectivity index is 1.78. The van der Waals surface area contributed by atoms with E-state index in [9.17, 15) is 26.4 Å². The molecule has 0 radical (unpaired) electrons. The predicted octanol–water partition coefficient (Wildman–Crippen LogP) is 5.38. The van der Waals surface area contributed by atoms with Crippen LogP contribution in [0.1, 0.15) is 21.6 Å². The first-order valence-electron chi connectivity index (χ1n) is 10.6. The topological polar surface area (TPSA) is 90.2 Å². The fourth-order valence-corrected chi connectivity index (χ4v) is 5.22. The zero-order chi connectivity index (χ0) is 27.0. The van der Waals surface area contributed by atoms with Crippen LogP contribution in [0.5, 0.6) is 5.75 Å². The molecule has 0 saturated heterocycles. The molecule has 4 aromatic rings. The van der Waals surface area contributed by atoms with Crippen molar-refractivity contribution in [3.05, 3.63) is 88.7 Å². The molecule has 0 amide bonds. The Hall–Kier alpha value is -3.77. The smallest absolute Gasteiger partial charge is 0.465 e. The lowest BCUT2D eigenvalue weighted by atomic mass is 10.2. The van der Waals surface area contributed by atoms with Crippen molar-refractivity contribution in [1.29, 1.82) is 0 Å². The minimum atomic E-state index is -4.86. The average Bonchev–Trinajstić information content (AvgIpc) is 3.17. The lowest BCUT2D eigenvalue weighted by molar-refractivity contribution is -0.274. The molecule has 2 heterocycles. The highest BCUT2D eigenvalue weighted by atomic mass is 35.5. The summed E-state index contributed by atoms with van der Waals surface area (Å²) in [6.45, 7) is 1.40. The Bertz CT molecular complexity index is 1550. The van der Waals surface area contributed by atoms with Crippen molar-refractivity contribution in [2.45, 2.75) is 24.7 Å². The van der Waals surface area contributed by atoms with Gasteiger partial charge in [-0.2, -0.15) is 0 Å². The molecular formula is C24H19ClF3N3O5S. The number of pyridine rings is 1. The van der Waals surface area contributed by atoms with Gasteiger partial charge in [-0.3, -0.25) is 0 Å². The maximum absolute atomic E-state index is 13.8. The number of ether oxygens (including phenoxy) is 2. The van der Waals surface area contributed by atoms with Crippen LogP contribution in [0, 0.1) is 6.92 Å². The molecule has 0 saturated carbocycles. The second-order valence-corrected chi connectivity index (χ2v) is 10.1. The molecule has 2 aromatic heterocycles. The molecule has 0 aliphatic rings. The summed E-state index contributed by atoms with van der Waals surface area (Å²) in [5.41, 5.74) is 1.43. The third-order valence-electron chi connectivity index (χ3n) is 5.38. The Morgan fingerprint density at radius 3 is 2.30 bits per heavy atom. The quantitative estimate of drug-likeness (QED) is 0.286. The molecule has 0 aliphatic heterocycles. The fourth-order valence-electron chi connectivity index (χ4n) is 3.60. The molecule has 2 aromatic carbocycles. The normalized spacial score (nSPS) is 11.9. The number of rotatable bonds is 7. The van der Waals surface area contributed by atoms with Crippen LogP contribution in [0.25, 0.3) is 5.65 Å². The van der Waals surface area contributed by atoms with E-state index in [1.807, 2.05) is 0 Å². The first-order valence-corrected chi connectivity index (χ1v) is 12.4. The maximum Gasteiger partial charge on any atom is 0.573 e. The first kappa shape index (κ1) is 26.3. The number of anilines is 1. The Morgan fingerprint density at radius 1 is 1.05 bits per heavy atom. The summed E-state index contributed by atoms with van der Waals surface area (Å²) >= 11 is 6.10. The molecule has 13 heteroatoms. The molecule has 0 fully saturated rings. The molecule has 0 atom stereocenters. The molecule has 4 rings (SSSR count). The molecule has 194 valence electrons. The standard InChI is InChI=1S/C24H19ClF3N3O5S/c1-15-22(29-21-12-7-18(25)14-30(15)21)31(13-16-3-8-19(9-4-16)36-24(26,27)28)37(33,34)20-10-5-17(6-11-20)23(32)35-2/h3-12,14H,13H2,1-2H3. The van der Waals surface area contributed by atoms with Crippen LogP contribution < -0.4 is 9.04 Å². The van der Waals surface area contributed by atoms with E-state index in [0.29, 0.717) is 21.9 Å². The van der Waals surface area contributed by atoms with E-state index in [1.165, 1.54) is 43.5 Å². The number of aromatic nitrogens is 2. The van der Waals surface area contributed by atoms with Crippen LogP contribution in [0.2, 0.25) is 5.02 Å². The van der Waals surface area contributed by atoms with Crippen LogP contribution in [-0.4, -0.2) is 37.2 Å². The summed E-state index contributed by atoms with van der Waals surface area (Å²) < 4.78 is 76.4. The number of hydrogen-bond acceptors (Lipinski definition) is 6. The highest BCUT2D eigenvalue weighted by Crippen LogP contribution is 2.31. The lowest BCUT2D eigenvalue weighted by Crippen LogP contribution is -2.31. The van der Waals surface area contributed by atoms with Gasteiger partial charge < -0.3 is 13.9 Å². The number of halogens is 4. The van der Waals surface area contributed by atoms with E-state index in [1.54, 1.807) is 29.7 Å². The summed E-state index contributed by atoms with van der Waals surface area (Å²) in [5, 5.41) is 0.410. The number of alkyl halides is 3. The van der Waals surface area contributed by atoms with E-state index < -0.39 is 28.1 Å². The minimum absolute atomic E-state index is 0.0925. The second kappa shape index (κ2) is 9.94. The molecule has 8 nitrogen and oxygen atoms in total. The number of aryl methyl sites for hydroxylation is 1. The summed E-state index contributed by atoms with van der Waals surface area (Å²) in [6, 6.07) is 13.2. The molecule has 0 aliphatic carbocycles. The number of nitrogens with zero attached hydrogens (tertiary/aromatic N) is 3. The number of sulfonamides is 1. The van der Waals surface area contributed by atoms with Gasteiger partial charge in [-0.25, -0.2) is 22.5 Å². The second-order valence-electron chi connectivity index (χ2n) is 7.82. The van der Waals surface area contributed by atoms with Gasteiger partial charge >= 0.3 is 12.3 Å². The minimum Gasteiger partial charge on any atom is -0.465 e. The molecular weight excluding hydrogens is 535 g/mol. The van der Waals surface area contributed by atoms with Crippen LogP contribution in [0.3, 0.4) is 0 Å². The van der Waals surface area contributed by atoms with Gasteiger partial charge in [-0.05, 0) is 61.0 Å². The third-order valence-corrected chi connectivity index (χ3v) is 7.35. The van der Waals surface area contributed by atoms with Crippen molar-refractivity contribution >= 4 is 39.1 Å². The summed E-state index contributed by atoms with van der Waals surface area (Å²) in [7, 11) is -3.05. The Kier molecular flexibility index (Phi) is 7.07. The van der Waals surface area contributed by atoms with Gasteiger partial charge in [0.15, 0.2) is 5.82 Å². The van der Waals surface area contributed by atoms with Crippen LogP contribution >= 0.6 is 11.6 Å². The fraction of sp³-hybridized carbons (Fsp3) is 0.167. The van der Waals surface area contributed by atoms with Crippen molar-refractivity contribution in [2.24, 2.45) is 0 Å². The van der Waals surface area contributed by atoms with Crippen LogP contribution in [0.4, 0.5) is 19.0 Å². The van der Waals surface area contributed by atoms with E-state index in [4.69, 9.17) is 11.6 Å². The van der Waals surface area contributed by atoms with Crippen molar-refractivity contribution < 1.29 is 35.9 Å². The van der Waals surface area contributed by atoms with Crippen molar-refractivity contribution in [3.8, 4) is 5.75 Å². The molecule has 0 N–H and O–H groups in total. The monoisotopic (exact) mass is 553 g/mol. The number of imidazole rings is 1. The van der Waals surface area contributed by atoms with Crippen molar-refractivity contribution in [3.63, 3.8) is 0 Å². The molecule has 37 heavy (non-hydrogen) atoms. The summed E-state index contributed by atoms with van der Waals surface area (Å²) in [4.78, 5) is 16.1. The zero-order valence-electron chi connectivity index (χ0n) is 19.4. The first-order chi connectivity index (χ1) is 17.4. The number of esters is 1. The highest BCUT2D eigenvalue weighted by Gasteiger charge is 2.32.